The van der Waals surface area contributed by atoms with Crippen LogP contribution in [0.1, 0.15) is 0 Å². The molecule has 0 aliphatic carbocycles. The van der Waals surface area contributed by atoms with Gasteiger partial charge in [-0.15, -0.1) is 0 Å². The van der Waals surface area contributed by atoms with Crippen LogP contribution in [-0.4, -0.2) is 30.0 Å². The zero-order valence-corrected chi connectivity index (χ0v) is 19.3. The van der Waals surface area contributed by atoms with Crippen molar-refractivity contribution in [3.05, 3.63) is 83.0 Å². The van der Waals surface area contributed by atoms with Gasteiger partial charge >= 0.3 is 6.03 Å². The minimum Gasteiger partial charge on any atom is -0.493 e. The Balaban J connectivity index is 1.44. The molecule has 0 saturated carbocycles. The third-order valence-electron chi connectivity index (χ3n) is 4.84. The van der Waals surface area contributed by atoms with E-state index in [-0.39, 0.29) is 0 Å². The van der Waals surface area contributed by atoms with Gasteiger partial charge in [-0.3, -0.25) is 0 Å². The van der Waals surface area contributed by atoms with E-state index in [2.05, 4.69) is 15.7 Å². The molecule has 33 heavy (non-hydrogen) atoms. The number of hydrogen-bond acceptors (Lipinski definition) is 4. The number of aromatic nitrogens is 2. The second kappa shape index (κ2) is 9.85. The molecule has 0 aliphatic heterocycles. The molecular formula is C24H20Cl2N4O3. The van der Waals surface area contributed by atoms with Gasteiger partial charge in [0.15, 0.2) is 11.5 Å². The van der Waals surface area contributed by atoms with Crippen molar-refractivity contribution < 1.29 is 14.3 Å². The smallest absolute Gasteiger partial charge is 0.323 e. The highest BCUT2D eigenvalue weighted by Gasteiger charge is 2.10. The number of urea groups is 1. The molecule has 0 unspecified atom stereocenters. The number of carbonyl (C=O) groups is 1. The largest absolute Gasteiger partial charge is 0.493 e. The highest BCUT2D eigenvalue weighted by atomic mass is 35.5. The predicted octanol–water partition coefficient (Wildman–Crippen LogP) is 6.51. The zero-order valence-electron chi connectivity index (χ0n) is 17.8. The SMILES string of the molecule is COc1ccc(-c2ccn(-c3ccc(NC(=O)Nc4ccc(Cl)cc4Cl)cc3)n2)cc1OC. The molecule has 4 aromatic rings. The first-order valence-electron chi connectivity index (χ1n) is 9.88. The van der Waals surface area contributed by atoms with E-state index in [0.29, 0.717) is 32.9 Å². The Morgan fingerprint density at radius 1 is 0.879 bits per heavy atom. The van der Waals surface area contributed by atoms with Crippen LogP contribution in [0.4, 0.5) is 16.2 Å². The number of carbonyl (C=O) groups excluding carboxylic acids is 1. The van der Waals surface area contributed by atoms with Gasteiger partial charge in [-0.1, -0.05) is 23.2 Å². The number of ether oxygens (including phenoxy) is 2. The molecule has 0 fully saturated rings. The van der Waals surface area contributed by atoms with Crippen LogP contribution >= 0.6 is 23.2 Å². The van der Waals surface area contributed by atoms with E-state index in [4.69, 9.17) is 32.7 Å². The van der Waals surface area contributed by atoms with Crippen LogP contribution in [0.25, 0.3) is 16.9 Å². The minimum atomic E-state index is -0.415. The van der Waals surface area contributed by atoms with E-state index < -0.39 is 6.03 Å². The third-order valence-corrected chi connectivity index (χ3v) is 5.39. The van der Waals surface area contributed by atoms with Gasteiger partial charge < -0.3 is 20.1 Å². The summed E-state index contributed by atoms with van der Waals surface area (Å²) in [5.74, 6) is 1.30. The summed E-state index contributed by atoms with van der Waals surface area (Å²) in [6, 6.07) is 19.3. The number of methoxy groups -OCH3 is 2. The Kier molecular flexibility index (Phi) is 6.72. The number of hydrogen-bond donors (Lipinski definition) is 2. The van der Waals surface area contributed by atoms with Crippen LogP contribution in [-0.2, 0) is 0 Å². The molecule has 0 spiro atoms. The standard InChI is InChI=1S/C24H20Cl2N4O3/c1-32-22-10-3-15(13-23(22)33-2)20-11-12-30(29-20)18-7-5-17(6-8-18)27-24(31)28-21-9-4-16(25)14-19(21)26/h3-14H,1-2H3,(H2,27,28,31). The van der Waals surface area contributed by atoms with Gasteiger partial charge in [0.05, 0.1) is 36.3 Å². The molecule has 0 atom stereocenters. The number of anilines is 2. The molecule has 1 aromatic heterocycles. The molecule has 0 saturated heterocycles. The van der Waals surface area contributed by atoms with Crippen molar-refractivity contribution >= 4 is 40.6 Å². The lowest BCUT2D eigenvalue weighted by molar-refractivity contribution is 0.262. The number of halogens is 2. The molecule has 2 amide bonds. The summed E-state index contributed by atoms with van der Waals surface area (Å²) in [6.07, 6.45) is 1.86. The van der Waals surface area contributed by atoms with Gasteiger partial charge in [-0.05, 0) is 66.7 Å². The normalized spacial score (nSPS) is 10.5. The Morgan fingerprint density at radius 3 is 2.33 bits per heavy atom. The number of benzene rings is 3. The fraction of sp³-hybridized carbons (Fsp3) is 0.0833. The molecule has 7 nitrogen and oxygen atoms in total. The van der Waals surface area contributed by atoms with Crippen molar-refractivity contribution in [2.24, 2.45) is 0 Å². The second-order valence-electron chi connectivity index (χ2n) is 6.97. The molecule has 168 valence electrons. The molecule has 0 bridgehead atoms. The maximum atomic E-state index is 12.3. The van der Waals surface area contributed by atoms with E-state index in [9.17, 15) is 4.79 Å². The summed E-state index contributed by atoms with van der Waals surface area (Å²) < 4.78 is 12.4. The Morgan fingerprint density at radius 2 is 1.64 bits per heavy atom. The minimum absolute atomic E-state index is 0.358. The first kappa shape index (κ1) is 22.5. The topological polar surface area (TPSA) is 77.4 Å². The fourth-order valence-electron chi connectivity index (χ4n) is 3.19. The summed E-state index contributed by atoms with van der Waals surface area (Å²) in [6.45, 7) is 0. The molecule has 4 rings (SSSR count). The highest BCUT2D eigenvalue weighted by Crippen LogP contribution is 2.32. The lowest BCUT2D eigenvalue weighted by Crippen LogP contribution is -2.19. The number of nitrogens with zero attached hydrogens (tertiary/aromatic N) is 2. The molecular weight excluding hydrogens is 463 g/mol. The Bertz CT molecular complexity index is 1290. The van der Waals surface area contributed by atoms with Gasteiger partial charge in [0.1, 0.15) is 0 Å². The fourth-order valence-corrected chi connectivity index (χ4v) is 3.65. The maximum Gasteiger partial charge on any atom is 0.323 e. The predicted molar refractivity (Wildman–Crippen MR) is 131 cm³/mol. The number of rotatable bonds is 6. The van der Waals surface area contributed by atoms with Crippen molar-refractivity contribution in [1.29, 1.82) is 0 Å². The van der Waals surface area contributed by atoms with Crippen LogP contribution in [0.5, 0.6) is 11.5 Å². The van der Waals surface area contributed by atoms with Crippen molar-refractivity contribution in [3.8, 4) is 28.4 Å². The van der Waals surface area contributed by atoms with Gasteiger partial charge in [-0.25, -0.2) is 9.48 Å². The number of amides is 2. The maximum absolute atomic E-state index is 12.3. The van der Waals surface area contributed by atoms with Crippen molar-refractivity contribution in [1.82, 2.24) is 9.78 Å². The molecule has 3 aromatic carbocycles. The van der Waals surface area contributed by atoms with E-state index in [0.717, 1.165) is 16.9 Å². The van der Waals surface area contributed by atoms with Crippen LogP contribution < -0.4 is 20.1 Å². The zero-order chi connectivity index (χ0) is 23.4. The second-order valence-corrected chi connectivity index (χ2v) is 7.81. The molecule has 0 radical (unpaired) electrons. The quantitative estimate of drug-likeness (QED) is 0.328. The summed E-state index contributed by atoms with van der Waals surface area (Å²) >= 11 is 12.0. The van der Waals surface area contributed by atoms with E-state index in [1.54, 1.807) is 49.2 Å². The van der Waals surface area contributed by atoms with Crippen LogP contribution in [0, 0.1) is 0 Å². The van der Waals surface area contributed by atoms with Gasteiger partial charge in [0.25, 0.3) is 0 Å². The molecule has 0 aliphatic rings. The van der Waals surface area contributed by atoms with E-state index in [1.165, 1.54) is 0 Å². The van der Waals surface area contributed by atoms with E-state index >= 15 is 0 Å². The molecule has 2 N–H and O–H groups in total. The number of nitrogens with one attached hydrogen (secondary N) is 2. The van der Waals surface area contributed by atoms with Crippen LogP contribution in [0.2, 0.25) is 10.0 Å². The first-order valence-corrected chi connectivity index (χ1v) is 10.6. The summed E-state index contributed by atoms with van der Waals surface area (Å²) in [4.78, 5) is 12.3. The average Bonchev–Trinajstić information content (AvgIpc) is 3.31. The van der Waals surface area contributed by atoms with Crippen molar-refractivity contribution in [2.75, 3.05) is 24.9 Å². The average molecular weight is 483 g/mol. The Hall–Kier alpha value is -3.68. The van der Waals surface area contributed by atoms with Crippen molar-refractivity contribution in [2.45, 2.75) is 0 Å². The Labute approximate surface area is 200 Å². The summed E-state index contributed by atoms with van der Waals surface area (Å²) in [7, 11) is 3.20. The van der Waals surface area contributed by atoms with Crippen LogP contribution in [0.15, 0.2) is 72.9 Å². The van der Waals surface area contributed by atoms with Gasteiger partial charge in [0.2, 0.25) is 0 Å². The molecule has 1 heterocycles. The highest BCUT2D eigenvalue weighted by molar-refractivity contribution is 6.36. The third kappa shape index (κ3) is 5.22. The van der Waals surface area contributed by atoms with E-state index in [1.807, 2.05) is 42.6 Å². The van der Waals surface area contributed by atoms with Gasteiger partial charge in [0, 0.05) is 22.5 Å². The van der Waals surface area contributed by atoms with Crippen molar-refractivity contribution in [3.63, 3.8) is 0 Å². The van der Waals surface area contributed by atoms with Gasteiger partial charge in [-0.2, -0.15) is 5.10 Å². The lowest BCUT2D eigenvalue weighted by atomic mass is 10.1. The van der Waals surface area contributed by atoms with Crippen LogP contribution in [0.3, 0.4) is 0 Å². The lowest BCUT2D eigenvalue weighted by Gasteiger charge is -2.10. The monoisotopic (exact) mass is 482 g/mol. The molecule has 9 heteroatoms. The first-order chi connectivity index (χ1) is 16.0. The summed E-state index contributed by atoms with van der Waals surface area (Å²) in [5.41, 5.74) is 3.62. The summed E-state index contributed by atoms with van der Waals surface area (Å²) in [5, 5.41) is 11.0.